The third-order valence-corrected chi connectivity index (χ3v) is 5.55. The zero-order chi connectivity index (χ0) is 19.9. The van der Waals surface area contributed by atoms with Crippen LogP contribution in [0.15, 0.2) is 64.5 Å². The first kappa shape index (κ1) is 20.1. The molecule has 0 spiro atoms. The van der Waals surface area contributed by atoms with Crippen LogP contribution in [0.4, 0.5) is 0 Å². The molecule has 5 nitrogen and oxygen atoms in total. The summed E-state index contributed by atoms with van der Waals surface area (Å²) in [6.45, 7) is 4.21. The highest BCUT2D eigenvalue weighted by atomic mass is 32.2. The minimum atomic E-state index is -0.190. The van der Waals surface area contributed by atoms with E-state index < -0.39 is 0 Å². The van der Waals surface area contributed by atoms with Crippen molar-refractivity contribution in [2.75, 3.05) is 12.4 Å². The van der Waals surface area contributed by atoms with E-state index in [4.69, 9.17) is 9.72 Å². The Balaban J connectivity index is 1.91. The van der Waals surface area contributed by atoms with E-state index >= 15 is 0 Å². The van der Waals surface area contributed by atoms with E-state index in [1.807, 2.05) is 61.5 Å². The molecule has 0 unspecified atom stereocenters. The van der Waals surface area contributed by atoms with Crippen LogP contribution < -0.4 is 5.56 Å². The maximum absolute atomic E-state index is 13.2. The Morgan fingerprint density at radius 2 is 1.86 bits per heavy atom. The van der Waals surface area contributed by atoms with Gasteiger partial charge in [0, 0.05) is 12.2 Å². The van der Waals surface area contributed by atoms with Crippen LogP contribution in [0.2, 0.25) is 0 Å². The Morgan fingerprint density at radius 3 is 2.61 bits per heavy atom. The molecule has 0 bridgehead atoms. The van der Waals surface area contributed by atoms with Crippen molar-refractivity contribution in [2.45, 2.75) is 37.9 Å². The summed E-state index contributed by atoms with van der Waals surface area (Å²) in [6.07, 6.45) is 1.04. The highest BCUT2D eigenvalue weighted by Crippen LogP contribution is 2.25. The zero-order valence-electron chi connectivity index (χ0n) is 16.1. The largest absolute Gasteiger partial charge is 0.466 e. The smallest absolute Gasteiger partial charge is 0.305 e. The van der Waals surface area contributed by atoms with E-state index in [1.165, 1.54) is 11.8 Å². The lowest BCUT2D eigenvalue weighted by Gasteiger charge is -2.20. The van der Waals surface area contributed by atoms with Crippen LogP contribution in [0.5, 0.6) is 0 Å². The van der Waals surface area contributed by atoms with Crippen molar-refractivity contribution in [1.29, 1.82) is 0 Å². The Kier molecular flexibility index (Phi) is 6.87. The number of hydrogen-bond acceptors (Lipinski definition) is 5. The molecule has 1 atom stereocenters. The van der Waals surface area contributed by atoms with Gasteiger partial charge in [-0.1, -0.05) is 54.2 Å². The van der Waals surface area contributed by atoms with Gasteiger partial charge in [0.2, 0.25) is 0 Å². The molecule has 0 saturated heterocycles. The van der Waals surface area contributed by atoms with E-state index in [0.29, 0.717) is 41.3 Å². The fourth-order valence-corrected chi connectivity index (χ4v) is 4.08. The maximum Gasteiger partial charge on any atom is 0.305 e. The van der Waals surface area contributed by atoms with Crippen molar-refractivity contribution in [3.8, 4) is 0 Å². The van der Waals surface area contributed by atoms with Gasteiger partial charge in [-0.05, 0) is 38.0 Å². The number of rotatable bonds is 8. The van der Waals surface area contributed by atoms with Crippen molar-refractivity contribution in [1.82, 2.24) is 9.55 Å². The summed E-state index contributed by atoms with van der Waals surface area (Å²) in [5, 5.41) is 1.28. The second-order valence-corrected chi connectivity index (χ2v) is 7.49. The Labute approximate surface area is 168 Å². The van der Waals surface area contributed by atoms with Crippen LogP contribution in [-0.4, -0.2) is 27.9 Å². The number of carbonyl (C=O) groups excluding carboxylic acids is 1. The number of aromatic nitrogens is 2. The van der Waals surface area contributed by atoms with Gasteiger partial charge in [-0.2, -0.15) is 0 Å². The lowest BCUT2D eigenvalue weighted by molar-refractivity contribution is -0.143. The van der Waals surface area contributed by atoms with Crippen LogP contribution in [-0.2, 0) is 9.53 Å². The molecule has 0 N–H and O–H groups in total. The van der Waals surface area contributed by atoms with Gasteiger partial charge in [0.1, 0.15) is 0 Å². The first-order valence-electron chi connectivity index (χ1n) is 9.46. The molecular formula is C22H24N2O3S. The third kappa shape index (κ3) is 4.62. The zero-order valence-corrected chi connectivity index (χ0v) is 16.9. The Bertz CT molecular complexity index is 1000. The van der Waals surface area contributed by atoms with Crippen molar-refractivity contribution in [3.63, 3.8) is 0 Å². The van der Waals surface area contributed by atoms with E-state index in [9.17, 15) is 9.59 Å². The fourth-order valence-electron chi connectivity index (χ4n) is 3.06. The van der Waals surface area contributed by atoms with Gasteiger partial charge in [-0.15, -0.1) is 0 Å². The second kappa shape index (κ2) is 9.55. The normalized spacial score (nSPS) is 12.1. The molecule has 3 aromatic rings. The highest BCUT2D eigenvalue weighted by molar-refractivity contribution is 7.99. The second-order valence-electron chi connectivity index (χ2n) is 6.43. The van der Waals surface area contributed by atoms with Crippen LogP contribution in [0.1, 0.15) is 38.3 Å². The first-order valence-corrected chi connectivity index (χ1v) is 10.4. The van der Waals surface area contributed by atoms with Gasteiger partial charge in [0.05, 0.1) is 23.6 Å². The first-order chi connectivity index (χ1) is 13.6. The van der Waals surface area contributed by atoms with E-state index in [0.717, 1.165) is 5.56 Å². The molecule has 0 aliphatic heterocycles. The predicted octanol–water partition coefficient (Wildman–Crippen LogP) is 4.44. The molecule has 2 aromatic carbocycles. The number of benzene rings is 2. The van der Waals surface area contributed by atoms with Crippen molar-refractivity contribution in [2.24, 2.45) is 0 Å². The van der Waals surface area contributed by atoms with Crippen molar-refractivity contribution < 1.29 is 9.53 Å². The molecule has 0 radical (unpaired) electrons. The lowest BCUT2D eigenvalue weighted by atomic mass is 10.1. The number of ether oxygens (including phenoxy) is 1. The number of hydrogen-bond donors (Lipinski definition) is 0. The molecule has 6 heteroatoms. The number of fused-ring (bicyclic) bond motifs is 1. The monoisotopic (exact) mass is 396 g/mol. The molecular weight excluding hydrogens is 372 g/mol. The van der Waals surface area contributed by atoms with Gasteiger partial charge in [-0.3, -0.25) is 14.2 Å². The van der Waals surface area contributed by atoms with Crippen molar-refractivity contribution in [3.05, 3.63) is 70.5 Å². The minimum absolute atomic E-state index is 0.0464. The number of esters is 1. The average molecular weight is 397 g/mol. The Hall–Kier alpha value is -2.60. The molecule has 0 aliphatic carbocycles. The fraction of sp³-hybridized carbons (Fsp3) is 0.318. The van der Waals surface area contributed by atoms with Gasteiger partial charge < -0.3 is 4.74 Å². The number of nitrogens with zero attached hydrogens (tertiary/aromatic N) is 2. The van der Waals surface area contributed by atoms with Gasteiger partial charge in [0.25, 0.3) is 5.56 Å². The average Bonchev–Trinajstić information content (AvgIpc) is 2.72. The maximum atomic E-state index is 13.2. The topological polar surface area (TPSA) is 61.2 Å². The number of carbonyl (C=O) groups is 1. The number of para-hydroxylation sites is 1. The molecule has 0 aliphatic rings. The SMILES string of the molecule is CCOC(=O)CCCSc1nc2ccccc2c(=O)n1[C@H](C)c1ccccc1. The van der Waals surface area contributed by atoms with Crippen LogP contribution in [0.25, 0.3) is 10.9 Å². The van der Waals surface area contributed by atoms with Crippen LogP contribution >= 0.6 is 11.8 Å². The summed E-state index contributed by atoms with van der Waals surface area (Å²) in [7, 11) is 0. The quantitative estimate of drug-likeness (QED) is 0.244. The molecule has 3 rings (SSSR count). The minimum Gasteiger partial charge on any atom is -0.466 e. The van der Waals surface area contributed by atoms with E-state index in [1.54, 1.807) is 11.5 Å². The van der Waals surface area contributed by atoms with Crippen LogP contribution in [0.3, 0.4) is 0 Å². The van der Waals surface area contributed by atoms with Crippen molar-refractivity contribution >= 4 is 28.6 Å². The Morgan fingerprint density at radius 1 is 1.14 bits per heavy atom. The molecule has 28 heavy (non-hydrogen) atoms. The van der Waals surface area contributed by atoms with Gasteiger partial charge in [0.15, 0.2) is 5.16 Å². The van der Waals surface area contributed by atoms with E-state index in [-0.39, 0.29) is 17.6 Å². The molecule has 1 heterocycles. The van der Waals surface area contributed by atoms with Crippen LogP contribution in [0, 0.1) is 0 Å². The molecule has 0 fully saturated rings. The summed E-state index contributed by atoms with van der Waals surface area (Å²) in [5.41, 5.74) is 1.70. The van der Waals surface area contributed by atoms with Gasteiger partial charge in [-0.25, -0.2) is 4.98 Å². The summed E-state index contributed by atoms with van der Waals surface area (Å²) in [6, 6.07) is 17.2. The molecule has 0 amide bonds. The van der Waals surface area contributed by atoms with E-state index in [2.05, 4.69) is 0 Å². The van der Waals surface area contributed by atoms with Gasteiger partial charge >= 0.3 is 5.97 Å². The molecule has 0 saturated carbocycles. The lowest BCUT2D eigenvalue weighted by Crippen LogP contribution is -2.27. The summed E-state index contributed by atoms with van der Waals surface area (Å²) < 4.78 is 6.73. The number of thioether (sulfide) groups is 1. The standard InChI is InChI=1S/C22H24N2O3S/c1-3-27-20(25)14-9-15-28-22-23-19-13-8-7-12-18(19)21(26)24(22)16(2)17-10-5-4-6-11-17/h4-8,10-13,16H,3,9,14-15H2,1-2H3/t16-/m1/s1. The molecule has 146 valence electrons. The predicted molar refractivity (Wildman–Crippen MR) is 113 cm³/mol. The third-order valence-electron chi connectivity index (χ3n) is 4.51. The highest BCUT2D eigenvalue weighted by Gasteiger charge is 2.18. The summed E-state index contributed by atoms with van der Waals surface area (Å²) >= 11 is 1.50. The summed E-state index contributed by atoms with van der Waals surface area (Å²) in [4.78, 5) is 29.5. The summed E-state index contributed by atoms with van der Waals surface area (Å²) in [5.74, 6) is 0.495. The molecule has 1 aromatic heterocycles.